The average Bonchev–Trinajstić information content (AvgIpc) is 2.87. The minimum absolute atomic E-state index is 0.113. The van der Waals surface area contributed by atoms with Crippen LogP contribution in [0.5, 0.6) is 11.5 Å². The highest BCUT2D eigenvalue weighted by Gasteiger charge is 2.16. The predicted octanol–water partition coefficient (Wildman–Crippen LogP) is 2.66. The lowest BCUT2D eigenvalue weighted by Gasteiger charge is -2.08. The zero-order chi connectivity index (χ0) is 13.1. The van der Waals surface area contributed by atoms with Crippen LogP contribution in [0.4, 0.5) is 0 Å². The number of hydrogen-bond acceptors (Lipinski definition) is 4. The maximum atomic E-state index is 11.0. The Morgan fingerprint density at radius 3 is 2.50 bits per heavy atom. The first-order valence-electron chi connectivity index (χ1n) is 5.20. The fourth-order valence-corrected chi connectivity index (χ4v) is 1.68. The second kappa shape index (κ2) is 4.83. The zero-order valence-corrected chi connectivity index (χ0v) is 9.97. The molecule has 0 fully saturated rings. The molecule has 0 amide bonds. The molecule has 1 aromatic heterocycles. The third-order valence-corrected chi connectivity index (χ3v) is 2.54. The van der Waals surface area contributed by atoms with Gasteiger partial charge in [0, 0.05) is 5.56 Å². The molecule has 0 bridgehead atoms. The monoisotopic (exact) mass is 248 g/mol. The van der Waals surface area contributed by atoms with Crippen molar-refractivity contribution in [1.82, 2.24) is 0 Å². The largest absolute Gasteiger partial charge is 0.493 e. The van der Waals surface area contributed by atoms with Crippen LogP contribution < -0.4 is 9.47 Å². The number of carboxylic acid groups (broad SMARTS) is 1. The molecule has 0 saturated heterocycles. The Morgan fingerprint density at radius 1 is 1.17 bits per heavy atom. The molecule has 0 aliphatic carbocycles. The molecule has 94 valence electrons. The molecule has 0 saturated carbocycles. The summed E-state index contributed by atoms with van der Waals surface area (Å²) in [5.41, 5.74) is 0.734. The fraction of sp³-hybridized carbons (Fsp3) is 0.154. The molecule has 0 spiro atoms. The van der Waals surface area contributed by atoms with Gasteiger partial charge in [0.05, 0.1) is 20.5 Å². The Labute approximate surface area is 104 Å². The topological polar surface area (TPSA) is 68.9 Å². The minimum atomic E-state index is -1.03. The van der Waals surface area contributed by atoms with E-state index in [0.717, 1.165) is 0 Å². The van der Waals surface area contributed by atoms with Crippen LogP contribution in [0.25, 0.3) is 11.3 Å². The third-order valence-electron chi connectivity index (χ3n) is 2.54. The van der Waals surface area contributed by atoms with Crippen LogP contribution in [-0.2, 0) is 0 Å². The Kier molecular flexibility index (Phi) is 3.23. The van der Waals surface area contributed by atoms with Crippen LogP contribution in [0, 0.1) is 0 Å². The van der Waals surface area contributed by atoms with Crippen LogP contribution in [-0.4, -0.2) is 25.3 Å². The summed E-state index contributed by atoms with van der Waals surface area (Å²) in [6.07, 6.45) is 1.34. The number of carbonyl (C=O) groups is 1. The number of rotatable bonds is 4. The van der Waals surface area contributed by atoms with Gasteiger partial charge < -0.3 is 19.0 Å². The van der Waals surface area contributed by atoms with Gasteiger partial charge in [-0.05, 0) is 24.3 Å². The Morgan fingerprint density at radius 2 is 1.89 bits per heavy atom. The van der Waals surface area contributed by atoms with Crippen molar-refractivity contribution in [2.45, 2.75) is 0 Å². The van der Waals surface area contributed by atoms with E-state index in [-0.39, 0.29) is 5.56 Å². The molecule has 0 aliphatic heterocycles. The molecule has 0 atom stereocenters. The zero-order valence-electron chi connectivity index (χ0n) is 9.97. The minimum Gasteiger partial charge on any atom is -0.493 e. The number of methoxy groups -OCH3 is 2. The highest BCUT2D eigenvalue weighted by Crippen LogP contribution is 2.33. The van der Waals surface area contributed by atoms with Crippen molar-refractivity contribution in [2.24, 2.45) is 0 Å². The van der Waals surface area contributed by atoms with Crippen molar-refractivity contribution in [2.75, 3.05) is 14.2 Å². The number of ether oxygens (including phenoxy) is 2. The summed E-state index contributed by atoms with van der Waals surface area (Å²) >= 11 is 0. The highest BCUT2D eigenvalue weighted by molar-refractivity contribution is 5.94. The molecule has 2 aromatic rings. The summed E-state index contributed by atoms with van der Waals surface area (Å²) < 4.78 is 15.5. The first kappa shape index (κ1) is 12.0. The normalized spacial score (nSPS) is 10.1. The maximum Gasteiger partial charge on any atom is 0.339 e. The SMILES string of the molecule is COc1ccc(-c2occc2C(=O)O)cc1OC. The molecule has 0 unspecified atom stereocenters. The summed E-state index contributed by atoms with van der Waals surface area (Å²) in [6.45, 7) is 0. The molecule has 2 rings (SSSR count). The number of benzene rings is 1. The van der Waals surface area contributed by atoms with E-state index >= 15 is 0 Å². The van der Waals surface area contributed by atoms with Gasteiger partial charge in [-0.25, -0.2) is 4.79 Å². The van der Waals surface area contributed by atoms with Crippen molar-refractivity contribution in [1.29, 1.82) is 0 Å². The van der Waals surface area contributed by atoms with Gasteiger partial charge in [0.15, 0.2) is 11.5 Å². The van der Waals surface area contributed by atoms with Crippen molar-refractivity contribution in [3.8, 4) is 22.8 Å². The van der Waals surface area contributed by atoms with Crippen molar-refractivity contribution < 1.29 is 23.8 Å². The number of aromatic carboxylic acids is 1. The molecular formula is C13H12O5. The van der Waals surface area contributed by atoms with Gasteiger partial charge >= 0.3 is 5.97 Å². The first-order valence-corrected chi connectivity index (χ1v) is 5.20. The van der Waals surface area contributed by atoms with Gasteiger partial charge in [0.2, 0.25) is 0 Å². The van der Waals surface area contributed by atoms with E-state index in [4.69, 9.17) is 19.0 Å². The quantitative estimate of drug-likeness (QED) is 0.900. The summed E-state index contributed by atoms with van der Waals surface area (Å²) in [6, 6.07) is 6.49. The van der Waals surface area contributed by atoms with Crippen LogP contribution in [0.2, 0.25) is 0 Å². The van der Waals surface area contributed by atoms with E-state index in [9.17, 15) is 4.79 Å². The van der Waals surface area contributed by atoms with Crippen LogP contribution in [0.1, 0.15) is 10.4 Å². The van der Waals surface area contributed by atoms with E-state index < -0.39 is 5.97 Å². The van der Waals surface area contributed by atoms with Crippen molar-refractivity contribution >= 4 is 5.97 Å². The molecule has 0 aliphatic rings. The second-order valence-corrected chi connectivity index (χ2v) is 3.54. The molecule has 5 nitrogen and oxygen atoms in total. The molecular weight excluding hydrogens is 236 g/mol. The third kappa shape index (κ3) is 2.02. The van der Waals surface area contributed by atoms with E-state index in [1.807, 2.05) is 0 Å². The molecule has 1 N–H and O–H groups in total. The highest BCUT2D eigenvalue weighted by atomic mass is 16.5. The lowest BCUT2D eigenvalue weighted by molar-refractivity contribution is 0.0697. The van der Waals surface area contributed by atoms with E-state index in [1.54, 1.807) is 18.2 Å². The Hall–Kier alpha value is -2.43. The predicted molar refractivity (Wildman–Crippen MR) is 64.2 cm³/mol. The average molecular weight is 248 g/mol. The second-order valence-electron chi connectivity index (χ2n) is 3.54. The van der Waals surface area contributed by atoms with Crippen molar-refractivity contribution in [3.05, 3.63) is 36.1 Å². The lowest BCUT2D eigenvalue weighted by atomic mass is 10.1. The number of furan rings is 1. The molecule has 1 aromatic carbocycles. The molecule has 1 heterocycles. The van der Waals surface area contributed by atoms with Gasteiger partial charge in [0.25, 0.3) is 0 Å². The van der Waals surface area contributed by atoms with Crippen LogP contribution in [0.3, 0.4) is 0 Å². The van der Waals surface area contributed by atoms with Crippen LogP contribution in [0.15, 0.2) is 34.9 Å². The van der Waals surface area contributed by atoms with Gasteiger partial charge in [-0.3, -0.25) is 0 Å². The van der Waals surface area contributed by atoms with E-state index in [2.05, 4.69) is 0 Å². The van der Waals surface area contributed by atoms with E-state index in [0.29, 0.717) is 22.8 Å². The Balaban J connectivity index is 2.51. The number of carboxylic acids is 1. The fourth-order valence-electron chi connectivity index (χ4n) is 1.68. The van der Waals surface area contributed by atoms with Gasteiger partial charge in [-0.15, -0.1) is 0 Å². The smallest absolute Gasteiger partial charge is 0.339 e. The maximum absolute atomic E-state index is 11.0. The standard InChI is InChI=1S/C13H12O5/c1-16-10-4-3-8(7-11(10)17-2)12-9(13(14)15)5-6-18-12/h3-7H,1-2H3,(H,14,15). The summed E-state index contributed by atoms with van der Waals surface area (Å²) in [7, 11) is 3.05. The number of hydrogen-bond donors (Lipinski definition) is 1. The van der Waals surface area contributed by atoms with Crippen molar-refractivity contribution in [3.63, 3.8) is 0 Å². The van der Waals surface area contributed by atoms with E-state index in [1.165, 1.54) is 26.5 Å². The summed E-state index contributed by atoms with van der Waals surface area (Å²) in [4.78, 5) is 11.0. The molecule has 18 heavy (non-hydrogen) atoms. The van der Waals surface area contributed by atoms with Gasteiger partial charge in [-0.1, -0.05) is 0 Å². The summed E-state index contributed by atoms with van der Waals surface area (Å²) in [5, 5.41) is 9.03. The summed E-state index contributed by atoms with van der Waals surface area (Å²) in [5.74, 6) is 0.351. The van der Waals surface area contributed by atoms with Gasteiger partial charge in [-0.2, -0.15) is 0 Å². The molecule has 0 radical (unpaired) electrons. The lowest BCUT2D eigenvalue weighted by Crippen LogP contribution is -1.96. The molecule has 5 heteroatoms. The van der Waals surface area contributed by atoms with Gasteiger partial charge in [0.1, 0.15) is 11.3 Å². The van der Waals surface area contributed by atoms with Crippen LogP contribution >= 0.6 is 0 Å². The Bertz CT molecular complexity index is 571. The first-order chi connectivity index (χ1) is 8.67.